The Morgan fingerprint density at radius 1 is 1.28 bits per heavy atom. The first-order valence-corrected chi connectivity index (χ1v) is 7.17. The molecule has 1 atom stereocenters. The van der Waals surface area contributed by atoms with Gasteiger partial charge in [-0.15, -0.1) is 0 Å². The summed E-state index contributed by atoms with van der Waals surface area (Å²) in [5.74, 6) is 1.53. The number of hydrogen-bond acceptors (Lipinski definition) is 2. The van der Waals surface area contributed by atoms with Crippen molar-refractivity contribution >= 4 is 0 Å². The third-order valence-electron chi connectivity index (χ3n) is 4.05. The van der Waals surface area contributed by atoms with Gasteiger partial charge in [0.15, 0.2) is 0 Å². The zero-order valence-corrected chi connectivity index (χ0v) is 11.9. The van der Waals surface area contributed by atoms with Crippen molar-refractivity contribution < 1.29 is 0 Å². The number of nitrogens with one attached hydrogen (secondary N) is 1. The first-order valence-electron chi connectivity index (χ1n) is 7.17. The van der Waals surface area contributed by atoms with Crippen LogP contribution in [0.15, 0.2) is 24.3 Å². The van der Waals surface area contributed by atoms with Crippen LogP contribution in [0.4, 0.5) is 0 Å². The molecule has 2 heteroatoms. The minimum absolute atomic E-state index is 0.679. The molecule has 1 fully saturated rings. The van der Waals surface area contributed by atoms with Gasteiger partial charge in [-0.25, -0.2) is 0 Å². The lowest BCUT2D eigenvalue weighted by atomic mass is 9.97. The van der Waals surface area contributed by atoms with Crippen molar-refractivity contribution in [2.45, 2.75) is 32.7 Å². The van der Waals surface area contributed by atoms with Gasteiger partial charge in [-0.3, -0.25) is 0 Å². The zero-order valence-electron chi connectivity index (χ0n) is 11.9. The van der Waals surface area contributed by atoms with Crippen molar-refractivity contribution in [2.24, 2.45) is 5.92 Å². The SMILES string of the molecule is CCC(C)c1ccc(CN(C)CC2CNC2)cc1. The first-order chi connectivity index (χ1) is 8.69. The minimum atomic E-state index is 0.679. The Bertz CT molecular complexity index is 354. The van der Waals surface area contributed by atoms with Crippen LogP contribution in [0.3, 0.4) is 0 Å². The van der Waals surface area contributed by atoms with Crippen LogP contribution in [0, 0.1) is 5.92 Å². The maximum Gasteiger partial charge on any atom is 0.0230 e. The Kier molecular flexibility index (Phi) is 4.79. The molecule has 0 aliphatic carbocycles. The van der Waals surface area contributed by atoms with Crippen LogP contribution in [-0.2, 0) is 6.54 Å². The van der Waals surface area contributed by atoms with Crippen molar-refractivity contribution in [3.63, 3.8) is 0 Å². The van der Waals surface area contributed by atoms with Gasteiger partial charge in [-0.1, -0.05) is 38.1 Å². The molecule has 0 aromatic heterocycles. The minimum Gasteiger partial charge on any atom is -0.316 e. The normalized spacial score (nSPS) is 17.8. The Morgan fingerprint density at radius 3 is 2.44 bits per heavy atom. The molecule has 1 saturated heterocycles. The number of nitrogens with zero attached hydrogens (tertiary/aromatic N) is 1. The molecule has 0 bridgehead atoms. The highest BCUT2D eigenvalue weighted by atomic mass is 15.1. The van der Waals surface area contributed by atoms with Gasteiger partial charge in [-0.2, -0.15) is 0 Å². The average Bonchev–Trinajstić information content (AvgIpc) is 2.34. The largest absolute Gasteiger partial charge is 0.316 e. The van der Waals surface area contributed by atoms with Crippen LogP contribution < -0.4 is 5.32 Å². The van der Waals surface area contributed by atoms with E-state index in [-0.39, 0.29) is 0 Å². The molecule has 1 N–H and O–H groups in total. The summed E-state index contributed by atoms with van der Waals surface area (Å²) in [7, 11) is 2.22. The highest BCUT2D eigenvalue weighted by Crippen LogP contribution is 2.19. The maximum atomic E-state index is 3.33. The van der Waals surface area contributed by atoms with E-state index >= 15 is 0 Å². The van der Waals surface area contributed by atoms with E-state index in [1.54, 1.807) is 0 Å². The quantitative estimate of drug-likeness (QED) is 0.830. The summed E-state index contributed by atoms with van der Waals surface area (Å²) in [4.78, 5) is 2.43. The second-order valence-electron chi connectivity index (χ2n) is 5.77. The summed E-state index contributed by atoms with van der Waals surface area (Å²) in [6.07, 6.45) is 1.22. The third kappa shape index (κ3) is 3.56. The molecule has 1 aliphatic heterocycles. The standard InChI is InChI=1S/C16H26N2/c1-4-13(2)16-7-5-14(6-8-16)11-18(3)12-15-9-17-10-15/h5-8,13,15,17H,4,9-12H2,1-3H3. The smallest absolute Gasteiger partial charge is 0.0230 e. The van der Waals surface area contributed by atoms with Gasteiger partial charge in [0.1, 0.15) is 0 Å². The summed E-state index contributed by atoms with van der Waals surface area (Å²) in [5.41, 5.74) is 2.89. The Labute approximate surface area is 111 Å². The van der Waals surface area contributed by atoms with Crippen molar-refractivity contribution in [1.29, 1.82) is 0 Å². The molecule has 1 aliphatic rings. The van der Waals surface area contributed by atoms with Crippen LogP contribution in [0.1, 0.15) is 37.3 Å². The van der Waals surface area contributed by atoms with E-state index in [1.807, 2.05) is 0 Å². The molecule has 18 heavy (non-hydrogen) atoms. The molecule has 0 spiro atoms. The van der Waals surface area contributed by atoms with Crippen molar-refractivity contribution in [3.05, 3.63) is 35.4 Å². The van der Waals surface area contributed by atoms with E-state index in [2.05, 4.69) is 55.4 Å². The van der Waals surface area contributed by atoms with Crippen LogP contribution in [-0.4, -0.2) is 31.6 Å². The van der Waals surface area contributed by atoms with E-state index in [0.29, 0.717) is 5.92 Å². The van der Waals surface area contributed by atoms with E-state index in [9.17, 15) is 0 Å². The van der Waals surface area contributed by atoms with Crippen LogP contribution >= 0.6 is 0 Å². The molecule has 1 heterocycles. The molecular weight excluding hydrogens is 220 g/mol. The van der Waals surface area contributed by atoms with E-state index < -0.39 is 0 Å². The Balaban J connectivity index is 1.85. The van der Waals surface area contributed by atoms with Gasteiger partial charge in [0, 0.05) is 26.2 Å². The fourth-order valence-electron chi connectivity index (χ4n) is 2.48. The maximum absolute atomic E-state index is 3.33. The first kappa shape index (κ1) is 13.6. The van der Waals surface area contributed by atoms with Crippen molar-refractivity contribution in [1.82, 2.24) is 10.2 Å². The lowest BCUT2D eigenvalue weighted by Crippen LogP contribution is -2.47. The van der Waals surface area contributed by atoms with Crippen molar-refractivity contribution in [2.75, 3.05) is 26.7 Å². The molecule has 1 unspecified atom stereocenters. The third-order valence-corrected chi connectivity index (χ3v) is 4.05. The molecule has 1 aromatic carbocycles. The van der Waals surface area contributed by atoms with Gasteiger partial charge in [0.05, 0.1) is 0 Å². The summed E-state index contributed by atoms with van der Waals surface area (Å²) >= 11 is 0. The van der Waals surface area contributed by atoms with Crippen LogP contribution in [0.25, 0.3) is 0 Å². The second-order valence-corrected chi connectivity index (χ2v) is 5.77. The predicted molar refractivity (Wildman–Crippen MR) is 77.8 cm³/mol. The molecule has 0 amide bonds. The van der Waals surface area contributed by atoms with Crippen LogP contribution in [0.2, 0.25) is 0 Å². The lowest BCUT2D eigenvalue weighted by molar-refractivity contribution is 0.218. The lowest BCUT2D eigenvalue weighted by Gasteiger charge is -2.31. The number of rotatable bonds is 6. The Hall–Kier alpha value is -0.860. The molecule has 2 nitrogen and oxygen atoms in total. The summed E-state index contributed by atoms with van der Waals surface area (Å²) in [6.45, 7) is 9.20. The van der Waals surface area contributed by atoms with Crippen molar-refractivity contribution in [3.8, 4) is 0 Å². The van der Waals surface area contributed by atoms with E-state index in [0.717, 1.165) is 12.5 Å². The monoisotopic (exact) mass is 246 g/mol. The van der Waals surface area contributed by atoms with Gasteiger partial charge in [0.25, 0.3) is 0 Å². The molecule has 2 rings (SSSR count). The Morgan fingerprint density at radius 2 is 1.94 bits per heavy atom. The van der Waals surface area contributed by atoms with E-state index in [1.165, 1.54) is 37.2 Å². The summed E-state index contributed by atoms with van der Waals surface area (Å²) in [6, 6.07) is 9.17. The highest BCUT2D eigenvalue weighted by Gasteiger charge is 2.18. The van der Waals surface area contributed by atoms with E-state index in [4.69, 9.17) is 0 Å². The molecule has 0 saturated carbocycles. The zero-order chi connectivity index (χ0) is 13.0. The molecular formula is C16H26N2. The number of benzene rings is 1. The molecule has 0 radical (unpaired) electrons. The molecule has 1 aromatic rings. The van der Waals surface area contributed by atoms with Gasteiger partial charge in [-0.05, 0) is 36.4 Å². The average molecular weight is 246 g/mol. The fraction of sp³-hybridized carbons (Fsp3) is 0.625. The molecule has 100 valence electrons. The van der Waals surface area contributed by atoms with Gasteiger partial charge < -0.3 is 10.2 Å². The van der Waals surface area contributed by atoms with Crippen LogP contribution in [0.5, 0.6) is 0 Å². The van der Waals surface area contributed by atoms with Gasteiger partial charge in [0.2, 0.25) is 0 Å². The topological polar surface area (TPSA) is 15.3 Å². The summed E-state index contributed by atoms with van der Waals surface area (Å²) in [5, 5.41) is 3.33. The highest BCUT2D eigenvalue weighted by molar-refractivity contribution is 5.24. The predicted octanol–water partition coefficient (Wildman–Crippen LogP) is 2.85. The fourth-order valence-corrected chi connectivity index (χ4v) is 2.48. The number of hydrogen-bond donors (Lipinski definition) is 1. The second kappa shape index (κ2) is 6.35. The summed E-state index contributed by atoms with van der Waals surface area (Å²) < 4.78 is 0. The van der Waals surface area contributed by atoms with Gasteiger partial charge >= 0.3 is 0 Å².